The molecule has 21 heavy (non-hydrogen) atoms. The minimum absolute atomic E-state index is 0.0170. The van der Waals surface area contributed by atoms with Crippen LogP contribution in [-0.4, -0.2) is 86.2 Å². The van der Waals surface area contributed by atoms with Crippen molar-refractivity contribution in [3.05, 3.63) is 0 Å². The lowest BCUT2D eigenvalue weighted by atomic mass is 10.1. The Balaban J connectivity index is 1.88. The van der Waals surface area contributed by atoms with E-state index in [-0.39, 0.29) is 12.1 Å². The van der Waals surface area contributed by atoms with Gasteiger partial charge in [-0.1, -0.05) is 12.8 Å². The van der Waals surface area contributed by atoms with Crippen molar-refractivity contribution in [1.29, 1.82) is 0 Å². The number of rotatable bonds is 4. The van der Waals surface area contributed by atoms with Gasteiger partial charge in [-0.3, -0.25) is 9.69 Å². The van der Waals surface area contributed by atoms with E-state index in [0.717, 1.165) is 52.2 Å². The molecule has 0 N–H and O–H groups in total. The Kier molecular flexibility index (Phi) is 6.45. The molecule has 0 aromatic carbocycles. The monoisotopic (exact) mass is 297 g/mol. The van der Waals surface area contributed by atoms with Gasteiger partial charge in [0.2, 0.25) is 5.91 Å². The Labute approximate surface area is 129 Å². The summed E-state index contributed by atoms with van der Waals surface area (Å²) in [4.78, 5) is 19.2. The molecular weight excluding hydrogens is 266 g/mol. The molecule has 122 valence electrons. The molecule has 1 amide bonds. The maximum Gasteiger partial charge on any atom is 0.239 e. The van der Waals surface area contributed by atoms with Crippen LogP contribution in [0, 0.1) is 0 Å². The van der Waals surface area contributed by atoms with E-state index in [0.29, 0.717) is 5.91 Å². The second kappa shape index (κ2) is 8.11. The van der Waals surface area contributed by atoms with E-state index in [1.54, 1.807) is 0 Å². The first-order valence-corrected chi connectivity index (χ1v) is 8.37. The summed E-state index contributed by atoms with van der Waals surface area (Å²) >= 11 is 0. The van der Waals surface area contributed by atoms with Gasteiger partial charge in [0.15, 0.2) is 0 Å². The van der Waals surface area contributed by atoms with Crippen molar-refractivity contribution in [2.75, 3.05) is 53.4 Å². The molecule has 0 aliphatic carbocycles. The molecule has 2 aliphatic heterocycles. The van der Waals surface area contributed by atoms with Crippen LogP contribution in [0.4, 0.5) is 0 Å². The van der Waals surface area contributed by atoms with Gasteiger partial charge < -0.3 is 14.5 Å². The summed E-state index contributed by atoms with van der Waals surface area (Å²) in [7, 11) is 4.13. The second-order valence-corrected chi connectivity index (χ2v) is 6.67. The predicted molar refractivity (Wildman–Crippen MR) is 84.4 cm³/mol. The van der Waals surface area contributed by atoms with Crippen molar-refractivity contribution in [1.82, 2.24) is 14.7 Å². The van der Waals surface area contributed by atoms with E-state index in [2.05, 4.69) is 35.7 Å². The zero-order valence-corrected chi connectivity index (χ0v) is 13.9. The summed E-state index contributed by atoms with van der Waals surface area (Å²) in [5.74, 6) is 0.308. The Bertz CT molecular complexity index is 327. The molecular formula is C16H31N3O2. The molecule has 2 saturated heterocycles. The number of hydrogen-bond acceptors (Lipinski definition) is 4. The molecule has 2 heterocycles. The molecule has 0 saturated carbocycles. The topological polar surface area (TPSA) is 36.0 Å². The molecule has 0 bridgehead atoms. The van der Waals surface area contributed by atoms with E-state index < -0.39 is 0 Å². The van der Waals surface area contributed by atoms with Gasteiger partial charge in [0.25, 0.3) is 0 Å². The minimum atomic E-state index is -0.0170. The zero-order chi connectivity index (χ0) is 15.2. The normalized spacial score (nSPS) is 26.7. The van der Waals surface area contributed by atoms with Crippen LogP contribution < -0.4 is 0 Å². The Morgan fingerprint density at radius 3 is 2.48 bits per heavy atom. The number of carbonyl (C=O) groups is 1. The van der Waals surface area contributed by atoms with Crippen LogP contribution in [0.25, 0.3) is 0 Å². The van der Waals surface area contributed by atoms with Gasteiger partial charge in [0.05, 0.1) is 18.8 Å². The molecule has 0 radical (unpaired) electrons. The predicted octanol–water partition coefficient (Wildman–Crippen LogP) is 1.04. The van der Waals surface area contributed by atoms with E-state index in [9.17, 15) is 4.79 Å². The number of ether oxygens (including phenoxy) is 1. The van der Waals surface area contributed by atoms with E-state index >= 15 is 0 Å². The highest BCUT2D eigenvalue weighted by molar-refractivity contribution is 5.81. The van der Waals surface area contributed by atoms with Crippen LogP contribution in [-0.2, 0) is 9.53 Å². The van der Waals surface area contributed by atoms with Gasteiger partial charge in [0.1, 0.15) is 0 Å². The van der Waals surface area contributed by atoms with Gasteiger partial charge in [-0.15, -0.1) is 0 Å². The average molecular weight is 297 g/mol. The average Bonchev–Trinajstić information content (AvgIpc) is 2.74. The van der Waals surface area contributed by atoms with Crippen LogP contribution in [0.15, 0.2) is 0 Å². The third kappa shape index (κ3) is 4.94. The SMILES string of the molecule is C[C@@H](C(=O)N1CCCCCC1)N1CCO[C@@H](CN(C)C)C1. The minimum Gasteiger partial charge on any atom is -0.374 e. The second-order valence-electron chi connectivity index (χ2n) is 6.67. The van der Waals surface area contributed by atoms with Crippen LogP contribution in [0.2, 0.25) is 0 Å². The van der Waals surface area contributed by atoms with Crippen molar-refractivity contribution in [2.24, 2.45) is 0 Å². The summed E-state index contributed by atoms with van der Waals surface area (Å²) in [6.07, 6.45) is 5.06. The molecule has 2 rings (SSSR count). The number of likely N-dealkylation sites (N-methyl/N-ethyl adjacent to an activating group) is 1. The van der Waals surface area contributed by atoms with Gasteiger partial charge in [0, 0.05) is 32.7 Å². The standard InChI is InChI=1S/C16H31N3O2/c1-14(16(20)18-8-6-4-5-7-9-18)19-10-11-21-15(13-19)12-17(2)3/h14-15H,4-13H2,1-3H3/t14-,15-/m0/s1. The lowest BCUT2D eigenvalue weighted by Gasteiger charge is -2.38. The highest BCUT2D eigenvalue weighted by atomic mass is 16.5. The van der Waals surface area contributed by atoms with Gasteiger partial charge in [-0.2, -0.15) is 0 Å². The molecule has 0 aromatic heterocycles. The Morgan fingerprint density at radius 1 is 1.19 bits per heavy atom. The summed E-state index contributed by atoms with van der Waals surface area (Å²) < 4.78 is 5.81. The van der Waals surface area contributed by atoms with E-state index in [1.165, 1.54) is 12.8 Å². The molecule has 0 aromatic rings. The quantitative estimate of drug-likeness (QED) is 0.777. The molecule has 2 aliphatic rings. The lowest BCUT2D eigenvalue weighted by molar-refractivity contribution is -0.139. The summed E-state index contributed by atoms with van der Waals surface area (Å²) in [5.41, 5.74) is 0. The first-order valence-electron chi connectivity index (χ1n) is 8.37. The fourth-order valence-corrected chi connectivity index (χ4v) is 3.32. The van der Waals surface area contributed by atoms with E-state index in [4.69, 9.17) is 4.74 Å². The molecule has 5 nitrogen and oxygen atoms in total. The van der Waals surface area contributed by atoms with Crippen molar-refractivity contribution in [3.8, 4) is 0 Å². The third-order valence-corrected chi connectivity index (χ3v) is 4.56. The first kappa shape index (κ1) is 16.7. The maximum absolute atomic E-state index is 12.7. The molecule has 5 heteroatoms. The van der Waals surface area contributed by atoms with Crippen LogP contribution in [0.1, 0.15) is 32.6 Å². The number of likely N-dealkylation sites (tertiary alicyclic amines) is 1. The third-order valence-electron chi connectivity index (χ3n) is 4.56. The van der Waals surface area contributed by atoms with E-state index in [1.807, 2.05) is 0 Å². The smallest absolute Gasteiger partial charge is 0.239 e. The summed E-state index contributed by atoms with van der Waals surface area (Å²) in [5, 5.41) is 0. The summed E-state index contributed by atoms with van der Waals surface area (Å²) in [6, 6.07) is -0.0170. The lowest BCUT2D eigenvalue weighted by Crippen LogP contribution is -2.54. The van der Waals surface area contributed by atoms with Crippen LogP contribution in [0.5, 0.6) is 0 Å². The van der Waals surface area contributed by atoms with Gasteiger partial charge in [-0.05, 0) is 33.9 Å². The van der Waals surface area contributed by atoms with Gasteiger partial charge in [-0.25, -0.2) is 0 Å². The molecule has 0 spiro atoms. The molecule has 2 fully saturated rings. The number of morpholine rings is 1. The largest absolute Gasteiger partial charge is 0.374 e. The van der Waals surface area contributed by atoms with Crippen LogP contribution >= 0.6 is 0 Å². The summed E-state index contributed by atoms with van der Waals surface area (Å²) in [6.45, 7) is 7.31. The number of hydrogen-bond donors (Lipinski definition) is 0. The first-order chi connectivity index (χ1) is 10.1. The number of carbonyl (C=O) groups excluding carboxylic acids is 1. The zero-order valence-electron chi connectivity index (χ0n) is 13.9. The fraction of sp³-hybridized carbons (Fsp3) is 0.938. The maximum atomic E-state index is 12.7. The van der Waals surface area contributed by atoms with Crippen LogP contribution in [0.3, 0.4) is 0 Å². The van der Waals surface area contributed by atoms with Crippen molar-refractivity contribution < 1.29 is 9.53 Å². The Hall–Kier alpha value is -0.650. The molecule has 0 unspecified atom stereocenters. The van der Waals surface area contributed by atoms with Crippen molar-refractivity contribution in [2.45, 2.75) is 44.8 Å². The number of nitrogens with zero attached hydrogens (tertiary/aromatic N) is 3. The molecule has 2 atom stereocenters. The van der Waals surface area contributed by atoms with Gasteiger partial charge >= 0.3 is 0 Å². The Morgan fingerprint density at radius 2 is 1.86 bits per heavy atom. The highest BCUT2D eigenvalue weighted by Gasteiger charge is 2.30. The van der Waals surface area contributed by atoms with Crippen molar-refractivity contribution in [3.63, 3.8) is 0 Å². The number of amides is 1. The fourth-order valence-electron chi connectivity index (χ4n) is 3.32. The van der Waals surface area contributed by atoms with Crippen molar-refractivity contribution >= 4 is 5.91 Å². The highest BCUT2D eigenvalue weighted by Crippen LogP contribution is 2.15.